The van der Waals surface area contributed by atoms with E-state index >= 15 is 0 Å². The molecule has 1 atom stereocenters. The fourth-order valence-electron chi connectivity index (χ4n) is 3.66. The second-order valence-electron chi connectivity index (χ2n) is 7.08. The van der Waals surface area contributed by atoms with Crippen LogP contribution in [0.2, 0.25) is 10.0 Å². The average molecular weight is 415 g/mol. The van der Waals surface area contributed by atoms with Crippen LogP contribution in [-0.2, 0) is 0 Å². The van der Waals surface area contributed by atoms with Crippen LogP contribution in [0.25, 0.3) is 0 Å². The molecule has 2 heterocycles. The van der Waals surface area contributed by atoms with Crippen molar-refractivity contribution in [3.05, 3.63) is 28.2 Å². The minimum Gasteiger partial charge on any atom is -0.465 e. The smallest absolute Gasteiger partial charge is 0.407 e. The van der Waals surface area contributed by atoms with Gasteiger partial charge in [0.15, 0.2) is 0 Å². The largest absolute Gasteiger partial charge is 0.465 e. The molecule has 2 N–H and O–H groups in total. The van der Waals surface area contributed by atoms with Crippen LogP contribution in [0, 0.1) is 5.92 Å². The van der Waals surface area contributed by atoms with Crippen molar-refractivity contribution in [2.75, 3.05) is 51.1 Å². The van der Waals surface area contributed by atoms with Crippen LogP contribution in [0.1, 0.15) is 12.8 Å². The lowest BCUT2D eigenvalue weighted by molar-refractivity contribution is 0.0915. The van der Waals surface area contributed by atoms with Gasteiger partial charge in [0, 0.05) is 51.5 Å². The predicted molar refractivity (Wildman–Crippen MR) is 106 cm³/mol. The van der Waals surface area contributed by atoms with Crippen LogP contribution in [0.15, 0.2) is 18.2 Å². The summed E-state index contributed by atoms with van der Waals surface area (Å²) >= 11 is 11.9. The number of carboxylic acid groups (broad SMARTS) is 1. The Labute approximate surface area is 168 Å². The maximum Gasteiger partial charge on any atom is 0.407 e. The minimum absolute atomic E-state index is 0.150. The molecule has 0 aliphatic carbocycles. The summed E-state index contributed by atoms with van der Waals surface area (Å²) in [4.78, 5) is 29.2. The van der Waals surface area contributed by atoms with Crippen molar-refractivity contribution in [1.29, 1.82) is 0 Å². The first-order chi connectivity index (χ1) is 12.9. The number of anilines is 1. The van der Waals surface area contributed by atoms with Crippen molar-refractivity contribution in [3.63, 3.8) is 0 Å². The number of piperazine rings is 1. The highest BCUT2D eigenvalue weighted by molar-refractivity contribution is 6.42. The predicted octanol–water partition coefficient (Wildman–Crippen LogP) is 3.53. The molecular formula is C18H24Cl2N4O3. The molecule has 2 aliphatic rings. The molecule has 3 rings (SSSR count). The van der Waals surface area contributed by atoms with Crippen LogP contribution < -0.4 is 5.32 Å². The molecule has 148 valence electrons. The van der Waals surface area contributed by atoms with E-state index in [-0.39, 0.29) is 6.03 Å². The summed E-state index contributed by atoms with van der Waals surface area (Å²) in [6, 6.07) is 4.86. The Balaban J connectivity index is 1.45. The SMILES string of the molecule is O=C(O)N1CCC[C@@H](CN2CCN(C(=O)Nc3ccc(Cl)c(Cl)c3)CC2)C1. The lowest BCUT2D eigenvalue weighted by atomic mass is 9.97. The number of halogens is 2. The van der Waals surface area contributed by atoms with Crippen molar-refractivity contribution >= 4 is 41.0 Å². The Morgan fingerprint density at radius 3 is 2.48 bits per heavy atom. The number of benzene rings is 1. The van der Waals surface area contributed by atoms with E-state index < -0.39 is 6.09 Å². The third kappa shape index (κ3) is 5.40. The van der Waals surface area contributed by atoms with E-state index in [1.807, 2.05) is 0 Å². The topological polar surface area (TPSA) is 76.1 Å². The second kappa shape index (κ2) is 8.99. The number of carbonyl (C=O) groups excluding carboxylic acids is 1. The van der Waals surface area contributed by atoms with E-state index in [9.17, 15) is 9.59 Å². The van der Waals surface area contributed by atoms with E-state index in [1.54, 1.807) is 23.1 Å². The summed E-state index contributed by atoms with van der Waals surface area (Å²) in [7, 11) is 0. The van der Waals surface area contributed by atoms with Gasteiger partial charge in [-0.3, -0.25) is 4.90 Å². The Bertz CT molecular complexity index is 695. The zero-order valence-electron chi connectivity index (χ0n) is 15.0. The molecule has 3 amide bonds. The molecule has 0 aromatic heterocycles. The zero-order valence-corrected chi connectivity index (χ0v) is 16.5. The summed E-state index contributed by atoms with van der Waals surface area (Å²) in [5, 5.41) is 12.9. The number of urea groups is 1. The zero-order chi connectivity index (χ0) is 19.4. The molecule has 2 fully saturated rings. The number of hydrogen-bond donors (Lipinski definition) is 2. The molecule has 0 saturated carbocycles. The van der Waals surface area contributed by atoms with Crippen LogP contribution >= 0.6 is 23.2 Å². The molecule has 1 aromatic rings. The van der Waals surface area contributed by atoms with Gasteiger partial charge in [-0.05, 0) is 37.0 Å². The number of likely N-dealkylation sites (tertiary alicyclic amines) is 1. The third-order valence-corrected chi connectivity index (χ3v) is 5.88. The third-order valence-electron chi connectivity index (χ3n) is 5.14. The van der Waals surface area contributed by atoms with Gasteiger partial charge < -0.3 is 20.2 Å². The molecule has 0 radical (unpaired) electrons. The summed E-state index contributed by atoms with van der Waals surface area (Å²) in [5.74, 6) is 0.367. The molecule has 0 spiro atoms. The number of carbonyl (C=O) groups is 2. The molecule has 9 heteroatoms. The average Bonchev–Trinajstić information content (AvgIpc) is 2.65. The van der Waals surface area contributed by atoms with E-state index in [0.717, 1.165) is 32.5 Å². The molecule has 7 nitrogen and oxygen atoms in total. The summed E-state index contributed by atoms with van der Waals surface area (Å²) < 4.78 is 0. The quantitative estimate of drug-likeness (QED) is 0.792. The summed E-state index contributed by atoms with van der Waals surface area (Å²) in [5.41, 5.74) is 0.618. The fraction of sp³-hybridized carbons (Fsp3) is 0.556. The Kier molecular flexibility index (Phi) is 6.68. The van der Waals surface area contributed by atoms with Gasteiger partial charge in [-0.25, -0.2) is 9.59 Å². The molecule has 1 aromatic carbocycles. The number of nitrogens with one attached hydrogen (secondary N) is 1. The first kappa shape index (κ1) is 20.0. The number of hydrogen-bond acceptors (Lipinski definition) is 3. The Morgan fingerprint density at radius 1 is 1.07 bits per heavy atom. The van der Waals surface area contributed by atoms with Crippen LogP contribution in [-0.4, -0.2) is 77.7 Å². The van der Waals surface area contributed by atoms with E-state index in [0.29, 0.717) is 47.8 Å². The first-order valence-electron chi connectivity index (χ1n) is 9.13. The fourth-order valence-corrected chi connectivity index (χ4v) is 3.96. The normalized spacial score (nSPS) is 21.2. The summed E-state index contributed by atoms with van der Waals surface area (Å²) in [6.45, 7) is 4.98. The van der Waals surface area contributed by atoms with Crippen LogP contribution in [0.4, 0.5) is 15.3 Å². The molecule has 0 bridgehead atoms. The lowest BCUT2D eigenvalue weighted by Gasteiger charge is -2.38. The van der Waals surface area contributed by atoms with Crippen molar-refractivity contribution in [2.45, 2.75) is 12.8 Å². The minimum atomic E-state index is -0.830. The van der Waals surface area contributed by atoms with Gasteiger partial charge in [-0.2, -0.15) is 0 Å². The maximum atomic E-state index is 12.4. The van der Waals surface area contributed by atoms with E-state index in [4.69, 9.17) is 28.3 Å². The Morgan fingerprint density at radius 2 is 1.81 bits per heavy atom. The monoisotopic (exact) mass is 414 g/mol. The number of piperidine rings is 1. The number of amides is 3. The van der Waals surface area contributed by atoms with E-state index in [1.165, 1.54) is 4.90 Å². The maximum absolute atomic E-state index is 12.4. The van der Waals surface area contributed by atoms with Crippen molar-refractivity contribution < 1.29 is 14.7 Å². The van der Waals surface area contributed by atoms with Crippen molar-refractivity contribution in [3.8, 4) is 0 Å². The van der Waals surface area contributed by atoms with Gasteiger partial charge in [0.2, 0.25) is 0 Å². The first-order valence-corrected chi connectivity index (χ1v) is 9.89. The highest BCUT2D eigenvalue weighted by Gasteiger charge is 2.27. The molecule has 0 unspecified atom stereocenters. The molecule has 27 heavy (non-hydrogen) atoms. The van der Waals surface area contributed by atoms with Crippen LogP contribution in [0.3, 0.4) is 0 Å². The molecule has 2 aliphatic heterocycles. The number of nitrogens with zero attached hydrogens (tertiary/aromatic N) is 3. The van der Waals surface area contributed by atoms with Gasteiger partial charge in [-0.15, -0.1) is 0 Å². The molecule has 2 saturated heterocycles. The van der Waals surface area contributed by atoms with Gasteiger partial charge in [0.25, 0.3) is 0 Å². The van der Waals surface area contributed by atoms with Crippen LogP contribution in [0.5, 0.6) is 0 Å². The van der Waals surface area contributed by atoms with Crippen molar-refractivity contribution in [1.82, 2.24) is 14.7 Å². The van der Waals surface area contributed by atoms with Crippen molar-refractivity contribution in [2.24, 2.45) is 5.92 Å². The van der Waals surface area contributed by atoms with Gasteiger partial charge in [0.1, 0.15) is 0 Å². The highest BCUT2D eigenvalue weighted by Crippen LogP contribution is 2.25. The molecular weight excluding hydrogens is 391 g/mol. The lowest BCUT2D eigenvalue weighted by Crippen LogP contribution is -2.52. The standard InChI is InChI=1S/C18H24Cl2N4O3/c19-15-4-3-14(10-16(15)20)21-17(25)23-8-6-22(7-9-23)11-13-2-1-5-24(12-13)18(26)27/h3-4,10,13H,1-2,5-9,11-12H2,(H,21,25)(H,26,27)/t13-/m0/s1. The number of rotatable bonds is 3. The Hall–Kier alpha value is -1.70. The van der Waals surface area contributed by atoms with Gasteiger partial charge in [0.05, 0.1) is 10.0 Å². The van der Waals surface area contributed by atoms with Gasteiger partial charge >= 0.3 is 12.1 Å². The summed E-state index contributed by atoms with van der Waals surface area (Å²) in [6.07, 6.45) is 1.15. The highest BCUT2D eigenvalue weighted by atomic mass is 35.5. The second-order valence-corrected chi connectivity index (χ2v) is 7.90. The van der Waals surface area contributed by atoms with Gasteiger partial charge in [-0.1, -0.05) is 23.2 Å². The van der Waals surface area contributed by atoms with E-state index in [2.05, 4.69) is 10.2 Å².